The molecular weight excluding hydrogens is 572 g/mol. The lowest BCUT2D eigenvalue weighted by molar-refractivity contribution is -0.219. The molecule has 0 heterocycles. The highest BCUT2D eigenvalue weighted by Gasteiger charge is 2.88. The number of Topliss-reactive ketones (excluding diaryl/α,β-unsaturated/α-hetero) is 1. The largest absolute Gasteiger partial charge is 0.454 e. The maximum atomic E-state index is 13.6. The van der Waals surface area contributed by atoms with Crippen molar-refractivity contribution in [2.45, 2.75) is 89.6 Å². The number of carbonyl (C=O) groups is 3. The van der Waals surface area contributed by atoms with Crippen LogP contribution in [0.5, 0.6) is 0 Å². The topological polar surface area (TPSA) is 130 Å². The summed E-state index contributed by atoms with van der Waals surface area (Å²) in [5.74, 6) is -4.74. The van der Waals surface area contributed by atoms with Gasteiger partial charge in [0.2, 0.25) is 0 Å². The van der Waals surface area contributed by atoms with Crippen LogP contribution in [0.1, 0.15) is 77.1 Å². The first-order chi connectivity index (χ1) is 21.3. The number of benzene rings is 1. The van der Waals surface area contributed by atoms with Crippen LogP contribution in [0.25, 0.3) is 0 Å². The minimum Gasteiger partial charge on any atom is -0.454 e. The molecule has 1 aromatic carbocycles. The van der Waals surface area contributed by atoms with E-state index in [-0.39, 0.29) is 12.8 Å². The summed E-state index contributed by atoms with van der Waals surface area (Å²) in [7, 11) is 0. The van der Waals surface area contributed by atoms with E-state index in [0.717, 1.165) is 12.8 Å². The fraction of sp³-hybridized carbons (Fsp3) is 0.541. The third-order valence-electron chi connectivity index (χ3n) is 10.8. The Bertz CT molecular complexity index is 1450. The van der Waals surface area contributed by atoms with Crippen LogP contribution in [-0.2, 0) is 19.1 Å². The van der Waals surface area contributed by atoms with Crippen molar-refractivity contribution in [2.24, 2.45) is 29.1 Å². The smallest absolute Gasteiger partial charge is 0.338 e. The monoisotopic (exact) mass is 618 g/mol. The fourth-order valence-electron chi connectivity index (χ4n) is 8.58. The third kappa shape index (κ3) is 5.15. The summed E-state index contributed by atoms with van der Waals surface area (Å²) in [6, 6.07) is 8.49. The van der Waals surface area contributed by atoms with Gasteiger partial charge in [-0.25, -0.2) is 4.79 Å². The van der Waals surface area contributed by atoms with Gasteiger partial charge in [-0.05, 0) is 49.5 Å². The van der Waals surface area contributed by atoms with Gasteiger partial charge < -0.3 is 24.8 Å². The molecule has 5 rings (SSSR count). The van der Waals surface area contributed by atoms with Crippen LogP contribution in [0.15, 0.2) is 77.9 Å². The normalized spacial score (nSPS) is 36.4. The predicted molar refractivity (Wildman–Crippen MR) is 169 cm³/mol. The first-order valence-corrected chi connectivity index (χ1v) is 16.1. The van der Waals surface area contributed by atoms with Crippen LogP contribution in [0, 0.1) is 29.1 Å². The molecule has 0 aliphatic heterocycles. The van der Waals surface area contributed by atoms with E-state index in [4.69, 9.17) is 9.47 Å². The molecule has 242 valence electrons. The van der Waals surface area contributed by atoms with E-state index in [2.05, 4.69) is 19.1 Å². The molecule has 4 aliphatic carbocycles. The summed E-state index contributed by atoms with van der Waals surface area (Å²) in [5.41, 5.74) is -4.74. The first-order valence-electron chi connectivity index (χ1n) is 16.1. The van der Waals surface area contributed by atoms with Gasteiger partial charge in [0.05, 0.1) is 17.8 Å². The molecule has 1 aromatic rings. The second-order valence-corrected chi connectivity index (χ2v) is 13.7. The zero-order chi connectivity index (χ0) is 32.8. The standard InChI is InChI=1S/C37H46O8/c1-6-7-8-9-10-11-15-18-29(39)45-37-30(34(37,4)5)27-20-25(22-38)21-35(42)28(19-23(2)31(35)40)36(27,43)24(3)32(37)44-33(41)26-16-13-12-14-17-26/h7-8,10-14,16-17,19-20,24,27-28,30,32,38,42-43H,6,9,15,18,21-22H2,1-5H3/t24-,27+,28-,30-,32-,35-,36-,37-/m1/s1. The van der Waals surface area contributed by atoms with Crippen LogP contribution in [0.3, 0.4) is 0 Å². The van der Waals surface area contributed by atoms with Gasteiger partial charge in [-0.2, -0.15) is 0 Å². The molecule has 45 heavy (non-hydrogen) atoms. The van der Waals surface area contributed by atoms with Crippen molar-refractivity contribution in [3.05, 3.63) is 83.5 Å². The molecule has 0 saturated heterocycles. The molecule has 8 atom stereocenters. The number of fused-ring (bicyclic) bond motifs is 5. The van der Waals surface area contributed by atoms with Crippen molar-refractivity contribution in [3.8, 4) is 0 Å². The second-order valence-electron chi connectivity index (χ2n) is 13.7. The molecule has 2 fully saturated rings. The van der Waals surface area contributed by atoms with Gasteiger partial charge >= 0.3 is 11.9 Å². The number of ketones is 1. The van der Waals surface area contributed by atoms with Crippen molar-refractivity contribution < 1.29 is 39.2 Å². The van der Waals surface area contributed by atoms with Gasteiger partial charge in [0.15, 0.2) is 11.4 Å². The second kappa shape index (κ2) is 12.1. The average molecular weight is 619 g/mol. The van der Waals surface area contributed by atoms with Gasteiger partial charge in [0.1, 0.15) is 11.7 Å². The lowest BCUT2D eigenvalue weighted by Crippen LogP contribution is -2.66. The number of esters is 2. The SMILES string of the molecule is CCC=CCC=CCCC(=O)O[C@@]12[C@H](OC(=O)c3ccccc3)[C@@H](C)[C@@]3(O)[C@@H](C=C(CO)C[C@]4(O)C(=O)C(C)=C[C@@H]34)[C@@H]1C2(C)C. The summed E-state index contributed by atoms with van der Waals surface area (Å²) >= 11 is 0. The van der Waals surface area contributed by atoms with Crippen molar-refractivity contribution in [2.75, 3.05) is 6.61 Å². The molecule has 0 amide bonds. The number of ether oxygens (including phenoxy) is 2. The summed E-state index contributed by atoms with van der Waals surface area (Å²) in [4.78, 5) is 40.5. The highest BCUT2D eigenvalue weighted by atomic mass is 16.6. The summed E-state index contributed by atoms with van der Waals surface area (Å²) in [6.45, 7) is 8.85. The van der Waals surface area contributed by atoms with E-state index in [1.54, 1.807) is 56.3 Å². The Morgan fingerprint density at radius 1 is 1.04 bits per heavy atom. The molecule has 8 heteroatoms. The molecule has 4 aliphatic rings. The van der Waals surface area contributed by atoms with Gasteiger partial charge in [0.25, 0.3) is 0 Å². The molecule has 3 N–H and O–H groups in total. The van der Waals surface area contributed by atoms with E-state index in [1.165, 1.54) is 0 Å². The van der Waals surface area contributed by atoms with Crippen molar-refractivity contribution in [3.63, 3.8) is 0 Å². The number of aliphatic hydroxyl groups excluding tert-OH is 1. The maximum Gasteiger partial charge on any atom is 0.338 e. The van der Waals surface area contributed by atoms with E-state index in [0.29, 0.717) is 23.1 Å². The van der Waals surface area contributed by atoms with Crippen LogP contribution in [0.4, 0.5) is 0 Å². The molecule has 2 saturated carbocycles. The predicted octanol–water partition coefficient (Wildman–Crippen LogP) is 5.04. The Morgan fingerprint density at radius 3 is 2.40 bits per heavy atom. The van der Waals surface area contributed by atoms with Crippen LogP contribution in [0.2, 0.25) is 0 Å². The van der Waals surface area contributed by atoms with Crippen molar-refractivity contribution >= 4 is 17.7 Å². The minimum atomic E-state index is -1.97. The number of rotatable bonds is 10. The molecule has 0 aromatic heterocycles. The van der Waals surface area contributed by atoms with Gasteiger partial charge in [0, 0.05) is 41.9 Å². The summed E-state index contributed by atoms with van der Waals surface area (Å²) < 4.78 is 12.7. The van der Waals surface area contributed by atoms with E-state index >= 15 is 0 Å². The highest BCUT2D eigenvalue weighted by Crippen LogP contribution is 2.77. The number of allylic oxidation sites excluding steroid dienone is 4. The number of aliphatic hydroxyl groups is 3. The molecule has 0 radical (unpaired) electrons. The molecule has 0 spiro atoms. The zero-order valence-electron chi connectivity index (χ0n) is 26.9. The summed E-state index contributed by atoms with van der Waals surface area (Å²) in [5, 5.41) is 35.1. The lowest BCUT2D eigenvalue weighted by atomic mass is 9.59. The Kier molecular flexibility index (Phi) is 8.90. The maximum absolute atomic E-state index is 13.6. The van der Waals surface area contributed by atoms with Crippen molar-refractivity contribution in [1.82, 2.24) is 0 Å². The molecule has 0 bridgehead atoms. The Balaban J connectivity index is 1.56. The number of hydrogen-bond acceptors (Lipinski definition) is 8. The summed E-state index contributed by atoms with van der Waals surface area (Å²) in [6.07, 6.45) is 12.6. The zero-order valence-corrected chi connectivity index (χ0v) is 26.9. The van der Waals surface area contributed by atoms with Crippen molar-refractivity contribution in [1.29, 1.82) is 0 Å². The van der Waals surface area contributed by atoms with Crippen LogP contribution < -0.4 is 0 Å². The average Bonchev–Trinajstić information content (AvgIpc) is 3.44. The Morgan fingerprint density at radius 2 is 1.73 bits per heavy atom. The van der Waals surface area contributed by atoms with E-state index in [1.807, 2.05) is 26.0 Å². The minimum absolute atomic E-state index is 0.123. The van der Waals surface area contributed by atoms with Gasteiger partial charge in [-0.15, -0.1) is 0 Å². The molecule has 8 nitrogen and oxygen atoms in total. The molecule has 0 unspecified atom stereocenters. The third-order valence-corrected chi connectivity index (χ3v) is 10.8. The van der Waals surface area contributed by atoms with Gasteiger partial charge in [-0.1, -0.05) is 82.4 Å². The quantitative estimate of drug-likeness (QED) is 0.246. The first kappa shape index (κ1) is 33.0. The Labute approximate surface area is 265 Å². The highest BCUT2D eigenvalue weighted by molar-refractivity contribution is 6.04. The number of hydrogen-bond donors (Lipinski definition) is 3. The number of carbonyl (C=O) groups excluding carboxylic acids is 3. The van der Waals surface area contributed by atoms with E-state index in [9.17, 15) is 29.7 Å². The van der Waals surface area contributed by atoms with Crippen LogP contribution >= 0.6 is 0 Å². The van der Waals surface area contributed by atoms with E-state index < -0.39 is 76.3 Å². The van der Waals surface area contributed by atoms with Crippen LogP contribution in [-0.4, -0.2) is 62.6 Å². The molecular formula is C37H46O8. The van der Waals surface area contributed by atoms with Gasteiger partial charge in [-0.3, -0.25) is 9.59 Å². The lowest BCUT2D eigenvalue weighted by Gasteiger charge is -2.53. The fourth-order valence-corrected chi connectivity index (χ4v) is 8.58. The Hall–Kier alpha value is -3.33.